The van der Waals surface area contributed by atoms with E-state index in [1.807, 2.05) is 18.7 Å². The normalized spacial score (nSPS) is 19.5. The van der Waals surface area contributed by atoms with Crippen LogP contribution in [0.5, 0.6) is 0 Å². The second kappa shape index (κ2) is 6.20. The maximum Gasteiger partial charge on any atom is 0.227 e. The number of rotatable bonds is 2. The molecule has 2 N–H and O–H groups in total. The zero-order valence-electron chi connectivity index (χ0n) is 10.8. The van der Waals surface area contributed by atoms with Gasteiger partial charge in [0.05, 0.1) is 12.1 Å². The maximum absolute atomic E-state index is 12.1. The van der Waals surface area contributed by atoms with Gasteiger partial charge in [-0.2, -0.15) is 0 Å². The van der Waals surface area contributed by atoms with Crippen LogP contribution in [0.3, 0.4) is 0 Å². The summed E-state index contributed by atoms with van der Waals surface area (Å²) >= 11 is 0. The number of piperidine rings is 1. The summed E-state index contributed by atoms with van der Waals surface area (Å²) < 4.78 is 5.06. The zero-order valence-corrected chi connectivity index (χ0v) is 11.6. The summed E-state index contributed by atoms with van der Waals surface area (Å²) in [5.74, 6) is 0.853. The minimum Gasteiger partial charge on any atom is -0.361 e. The van der Waals surface area contributed by atoms with Gasteiger partial charge in [-0.15, -0.1) is 12.4 Å². The van der Waals surface area contributed by atoms with E-state index in [2.05, 4.69) is 5.16 Å². The van der Waals surface area contributed by atoms with E-state index in [-0.39, 0.29) is 24.4 Å². The zero-order chi connectivity index (χ0) is 12.4. The van der Waals surface area contributed by atoms with Crippen molar-refractivity contribution >= 4 is 18.3 Å². The summed E-state index contributed by atoms with van der Waals surface area (Å²) in [7, 11) is 0. The lowest BCUT2D eigenvalue weighted by atomic mass is 10.0. The van der Waals surface area contributed by atoms with Gasteiger partial charge in [0.25, 0.3) is 0 Å². The second-order valence-corrected chi connectivity index (χ2v) is 4.72. The number of nitrogens with zero attached hydrogens (tertiary/aromatic N) is 2. The van der Waals surface area contributed by atoms with Crippen molar-refractivity contribution in [1.82, 2.24) is 10.1 Å². The lowest BCUT2D eigenvalue weighted by molar-refractivity contribution is -0.131. The van der Waals surface area contributed by atoms with Crippen LogP contribution in [-0.2, 0) is 11.2 Å². The lowest BCUT2D eigenvalue weighted by Crippen LogP contribution is -2.46. The van der Waals surface area contributed by atoms with E-state index in [1.165, 1.54) is 0 Å². The third-order valence-electron chi connectivity index (χ3n) is 3.32. The van der Waals surface area contributed by atoms with Gasteiger partial charge in [0, 0.05) is 24.7 Å². The molecule has 1 saturated heterocycles. The summed E-state index contributed by atoms with van der Waals surface area (Å²) in [5.41, 5.74) is 7.59. The maximum atomic E-state index is 12.1. The van der Waals surface area contributed by atoms with Crippen molar-refractivity contribution in [3.8, 4) is 0 Å². The molecule has 0 radical (unpaired) electrons. The summed E-state index contributed by atoms with van der Waals surface area (Å²) in [6.07, 6.45) is 2.37. The number of hydrogen-bond donors (Lipinski definition) is 1. The Balaban J connectivity index is 0.00000162. The molecule has 2 heterocycles. The van der Waals surface area contributed by atoms with Crippen LogP contribution in [0.2, 0.25) is 0 Å². The summed E-state index contributed by atoms with van der Waals surface area (Å²) in [6, 6.07) is 0.123. The largest absolute Gasteiger partial charge is 0.361 e. The van der Waals surface area contributed by atoms with E-state index in [1.54, 1.807) is 0 Å². The predicted molar refractivity (Wildman–Crippen MR) is 70.7 cm³/mol. The first-order chi connectivity index (χ1) is 8.08. The molecule has 1 fully saturated rings. The number of aromatic nitrogens is 1. The molecule has 0 aliphatic carbocycles. The van der Waals surface area contributed by atoms with Crippen LogP contribution in [0.15, 0.2) is 4.52 Å². The lowest BCUT2D eigenvalue weighted by Gasteiger charge is -2.30. The molecule has 0 spiro atoms. The monoisotopic (exact) mass is 273 g/mol. The van der Waals surface area contributed by atoms with Crippen LogP contribution < -0.4 is 5.73 Å². The molecule has 0 unspecified atom stereocenters. The van der Waals surface area contributed by atoms with Gasteiger partial charge in [0.2, 0.25) is 5.91 Å². The van der Waals surface area contributed by atoms with Gasteiger partial charge in [0.1, 0.15) is 5.76 Å². The fourth-order valence-corrected chi connectivity index (χ4v) is 2.25. The molecule has 1 aromatic heterocycles. The number of aryl methyl sites for hydroxylation is 2. The number of carbonyl (C=O) groups excluding carboxylic acids is 1. The van der Waals surface area contributed by atoms with E-state index in [4.69, 9.17) is 10.3 Å². The smallest absolute Gasteiger partial charge is 0.227 e. The molecule has 5 nitrogen and oxygen atoms in total. The van der Waals surface area contributed by atoms with Crippen LogP contribution in [0.1, 0.15) is 29.9 Å². The average molecular weight is 274 g/mol. The fourth-order valence-electron chi connectivity index (χ4n) is 2.25. The Kier molecular flexibility index (Phi) is 5.16. The Bertz CT molecular complexity index is 400. The third-order valence-corrected chi connectivity index (χ3v) is 3.32. The molecule has 2 rings (SSSR count). The standard InChI is InChI=1S/C12H19N3O2.ClH/c1-8-11(9(2)17-14-8)6-12(16)15-5-3-4-10(13)7-15;/h10H,3-7,13H2,1-2H3;1H/t10-;/m1./s1. The summed E-state index contributed by atoms with van der Waals surface area (Å²) in [5, 5.41) is 3.86. The van der Waals surface area contributed by atoms with Gasteiger partial charge in [-0.3, -0.25) is 4.79 Å². The van der Waals surface area contributed by atoms with E-state index in [0.717, 1.165) is 36.4 Å². The molecule has 1 amide bonds. The van der Waals surface area contributed by atoms with Crippen LogP contribution >= 0.6 is 12.4 Å². The van der Waals surface area contributed by atoms with Gasteiger partial charge in [0.15, 0.2) is 0 Å². The van der Waals surface area contributed by atoms with Gasteiger partial charge in [-0.25, -0.2) is 0 Å². The molecule has 0 bridgehead atoms. The Labute approximate surface area is 113 Å². The SMILES string of the molecule is Cc1noc(C)c1CC(=O)N1CCC[C@@H](N)C1.Cl. The van der Waals surface area contributed by atoms with Crippen LogP contribution in [0.25, 0.3) is 0 Å². The van der Waals surface area contributed by atoms with E-state index >= 15 is 0 Å². The average Bonchev–Trinajstić information content (AvgIpc) is 2.61. The molecule has 1 aliphatic rings. The molecule has 0 saturated carbocycles. The Morgan fingerprint density at radius 1 is 1.56 bits per heavy atom. The summed E-state index contributed by atoms with van der Waals surface area (Å²) in [4.78, 5) is 14.0. The van der Waals surface area contributed by atoms with Crippen molar-refractivity contribution in [2.75, 3.05) is 13.1 Å². The van der Waals surface area contributed by atoms with E-state index in [9.17, 15) is 4.79 Å². The number of amides is 1. The Morgan fingerprint density at radius 2 is 2.28 bits per heavy atom. The minimum absolute atomic E-state index is 0. The molecule has 102 valence electrons. The molecule has 6 heteroatoms. The number of halogens is 1. The van der Waals surface area contributed by atoms with Crippen LogP contribution in [-0.4, -0.2) is 35.1 Å². The predicted octanol–water partition coefficient (Wildman–Crippen LogP) is 1.21. The first kappa shape index (κ1) is 15.0. The van der Waals surface area contributed by atoms with Crippen molar-refractivity contribution in [1.29, 1.82) is 0 Å². The number of carbonyl (C=O) groups is 1. The van der Waals surface area contributed by atoms with Gasteiger partial charge in [-0.1, -0.05) is 5.16 Å². The van der Waals surface area contributed by atoms with Crippen LogP contribution in [0, 0.1) is 13.8 Å². The fraction of sp³-hybridized carbons (Fsp3) is 0.667. The van der Waals surface area contributed by atoms with Crippen molar-refractivity contribution in [2.45, 2.75) is 39.2 Å². The molecular weight excluding hydrogens is 254 g/mol. The molecular formula is C12H20ClN3O2. The molecule has 1 aliphatic heterocycles. The summed E-state index contributed by atoms with van der Waals surface area (Å²) in [6.45, 7) is 5.18. The number of likely N-dealkylation sites (tertiary alicyclic amines) is 1. The van der Waals surface area contributed by atoms with Crippen molar-refractivity contribution in [3.63, 3.8) is 0 Å². The second-order valence-electron chi connectivity index (χ2n) is 4.72. The Hall–Kier alpha value is -1.07. The first-order valence-corrected chi connectivity index (χ1v) is 6.03. The van der Waals surface area contributed by atoms with Crippen molar-refractivity contribution in [2.24, 2.45) is 5.73 Å². The number of hydrogen-bond acceptors (Lipinski definition) is 4. The minimum atomic E-state index is 0. The van der Waals surface area contributed by atoms with E-state index < -0.39 is 0 Å². The topological polar surface area (TPSA) is 72.4 Å². The third kappa shape index (κ3) is 3.23. The highest BCUT2D eigenvalue weighted by atomic mass is 35.5. The Morgan fingerprint density at radius 3 is 2.83 bits per heavy atom. The van der Waals surface area contributed by atoms with Gasteiger partial charge >= 0.3 is 0 Å². The highest BCUT2D eigenvalue weighted by Crippen LogP contribution is 2.16. The van der Waals surface area contributed by atoms with Crippen molar-refractivity contribution in [3.05, 3.63) is 17.0 Å². The highest BCUT2D eigenvalue weighted by molar-refractivity contribution is 5.85. The quantitative estimate of drug-likeness (QED) is 0.879. The number of nitrogens with two attached hydrogens (primary N) is 1. The molecule has 0 aromatic carbocycles. The van der Waals surface area contributed by atoms with Crippen molar-refractivity contribution < 1.29 is 9.32 Å². The van der Waals surface area contributed by atoms with Gasteiger partial charge < -0.3 is 15.2 Å². The first-order valence-electron chi connectivity index (χ1n) is 6.03. The highest BCUT2D eigenvalue weighted by Gasteiger charge is 2.23. The molecule has 18 heavy (non-hydrogen) atoms. The molecule has 1 atom stereocenters. The molecule has 1 aromatic rings. The van der Waals surface area contributed by atoms with Crippen LogP contribution in [0.4, 0.5) is 0 Å². The van der Waals surface area contributed by atoms with Gasteiger partial charge in [-0.05, 0) is 26.7 Å². The van der Waals surface area contributed by atoms with E-state index in [0.29, 0.717) is 13.0 Å².